The van der Waals surface area contributed by atoms with Gasteiger partial charge in [-0.2, -0.15) is 0 Å². The Morgan fingerprint density at radius 2 is 1.78 bits per heavy atom. The van der Waals surface area contributed by atoms with E-state index in [4.69, 9.17) is 4.74 Å². The molecule has 150 valence electrons. The molecule has 0 unspecified atom stereocenters. The monoisotopic (exact) mass is 396 g/mol. The van der Waals surface area contributed by atoms with E-state index in [2.05, 4.69) is 13.8 Å². The van der Waals surface area contributed by atoms with Gasteiger partial charge in [-0.05, 0) is 42.9 Å². The summed E-state index contributed by atoms with van der Waals surface area (Å²) in [5, 5.41) is 0. The molecular formula is C19H28N2O5S. The molecule has 1 aromatic carbocycles. The molecule has 1 fully saturated rings. The zero-order chi connectivity index (χ0) is 20.4. The summed E-state index contributed by atoms with van der Waals surface area (Å²) in [5.41, 5.74) is 0.733. The summed E-state index contributed by atoms with van der Waals surface area (Å²) in [6.45, 7) is 6.87. The van der Waals surface area contributed by atoms with Crippen molar-refractivity contribution in [1.82, 2.24) is 9.21 Å². The Morgan fingerprint density at radius 3 is 2.33 bits per heavy atom. The number of carbonyl (C=O) groups excluding carboxylic acids is 2. The normalized spacial score (nSPS) is 20.6. The highest BCUT2D eigenvalue weighted by Gasteiger charge is 2.26. The molecular weight excluding hydrogens is 368 g/mol. The quantitative estimate of drug-likeness (QED) is 0.710. The van der Waals surface area contributed by atoms with E-state index in [0.717, 1.165) is 10.7 Å². The summed E-state index contributed by atoms with van der Waals surface area (Å²) < 4.78 is 30.8. The van der Waals surface area contributed by atoms with Crippen LogP contribution in [0.15, 0.2) is 23.1 Å². The van der Waals surface area contributed by atoms with Gasteiger partial charge in [0.1, 0.15) is 0 Å². The third-order valence-corrected chi connectivity index (χ3v) is 6.57. The summed E-state index contributed by atoms with van der Waals surface area (Å²) in [7, 11) is -0.814. The van der Waals surface area contributed by atoms with E-state index in [0.29, 0.717) is 30.5 Å². The van der Waals surface area contributed by atoms with Crippen LogP contribution < -0.4 is 0 Å². The van der Waals surface area contributed by atoms with E-state index < -0.39 is 16.0 Å². The van der Waals surface area contributed by atoms with Crippen LogP contribution >= 0.6 is 0 Å². The second-order valence-corrected chi connectivity index (χ2v) is 9.74. The van der Waals surface area contributed by atoms with Gasteiger partial charge >= 0.3 is 5.97 Å². The second-order valence-electron chi connectivity index (χ2n) is 7.59. The fourth-order valence-corrected chi connectivity index (χ4v) is 4.28. The molecule has 0 aromatic heterocycles. The molecule has 1 saturated heterocycles. The number of nitrogens with zero attached hydrogens (tertiary/aromatic N) is 2. The Bertz CT molecular complexity index is 809. The molecule has 0 spiro atoms. The molecule has 1 aliphatic heterocycles. The number of benzene rings is 1. The van der Waals surface area contributed by atoms with E-state index in [9.17, 15) is 18.0 Å². The first-order valence-corrected chi connectivity index (χ1v) is 10.4. The van der Waals surface area contributed by atoms with Crippen LogP contribution in [0.5, 0.6) is 0 Å². The zero-order valence-electron chi connectivity index (χ0n) is 16.6. The Hall–Kier alpha value is -1.93. The minimum absolute atomic E-state index is 0.00931. The van der Waals surface area contributed by atoms with E-state index in [1.807, 2.05) is 0 Å². The summed E-state index contributed by atoms with van der Waals surface area (Å²) in [4.78, 5) is 26.5. The maximum absolute atomic E-state index is 12.4. The van der Waals surface area contributed by atoms with Gasteiger partial charge in [-0.25, -0.2) is 17.5 Å². The predicted octanol–water partition coefficient (Wildman–Crippen LogP) is 1.91. The van der Waals surface area contributed by atoms with Crippen molar-refractivity contribution in [1.29, 1.82) is 0 Å². The lowest BCUT2D eigenvalue weighted by molar-refractivity contribution is -0.137. The first-order valence-electron chi connectivity index (χ1n) is 9.00. The summed E-state index contributed by atoms with van der Waals surface area (Å²) >= 11 is 0. The van der Waals surface area contributed by atoms with Gasteiger partial charge in [0, 0.05) is 27.2 Å². The van der Waals surface area contributed by atoms with Crippen LogP contribution in [-0.2, 0) is 19.6 Å². The molecule has 8 heteroatoms. The molecule has 0 radical (unpaired) electrons. The summed E-state index contributed by atoms with van der Waals surface area (Å²) in [5.74, 6) is -0.0848. The fourth-order valence-electron chi connectivity index (χ4n) is 3.36. The SMILES string of the molecule is Cc1ccc(S(=O)(=O)N(C)C)cc1C(=O)OCC(=O)N1C[C@H](C)C[C@@H](C)C1. The van der Waals surface area contributed by atoms with Crippen molar-refractivity contribution >= 4 is 21.9 Å². The smallest absolute Gasteiger partial charge is 0.338 e. The average molecular weight is 397 g/mol. The fraction of sp³-hybridized carbons (Fsp3) is 0.579. The largest absolute Gasteiger partial charge is 0.452 e. The number of piperidine rings is 1. The number of hydrogen-bond acceptors (Lipinski definition) is 5. The van der Waals surface area contributed by atoms with Crippen LogP contribution in [0.3, 0.4) is 0 Å². The maximum atomic E-state index is 12.4. The Balaban J connectivity index is 2.09. The van der Waals surface area contributed by atoms with Gasteiger partial charge in [0.25, 0.3) is 5.91 Å². The number of hydrogen-bond donors (Lipinski definition) is 0. The molecule has 2 rings (SSSR count). The molecule has 7 nitrogen and oxygen atoms in total. The van der Waals surface area contributed by atoms with E-state index in [1.54, 1.807) is 17.9 Å². The molecule has 1 heterocycles. The maximum Gasteiger partial charge on any atom is 0.338 e. The van der Waals surface area contributed by atoms with E-state index in [-0.39, 0.29) is 23.0 Å². The minimum atomic E-state index is -3.66. The van der Waals surface area contributed by atoms with Gasteiger partial charge in [-0.3, -0.25) is 4.79 Å². The van der Waals surface area contributed by atoms with Crippen LogP contribution in [0.25, 0.3) is 0 Å². The van der Waals surface area contributed by atoms with Gasteiger partial charge < -0.3 is 9.64 Å². The molecule has 2 atom stereocenters. The summed E-state index contributed by atoms with van der Waals surface area (Å²) in [6, 6.07) is 4.30. The highest BCUT2D eigenvalue weighted by molar-refractivity contribution is 7.89. The van der Waals surface area contributed by atoms with Gasteiger partial charge in [0.05, 0.1) is 10.5 Å². The lowest BCUT2D eigenvalue weighted by Gasteiger charge is -2.34. The third-order valence-electron chi connectivity index (χ3n) is 4.76. The van der Waals surface area contributed by atoms with Crippen molar-refractivity contribution in [3.05, 3.63) is 29.3 Å². The number of aryl methyl sites for hydroxylation is 1. The number of amides is 1. The van der Waals surface area contributed by atoms with Gasteiger partial charge in [-0.1, -0.05) is 19.9 Å². The molecule has 27 heavy (non-hydrogen) atoms. The van der Waals surface area contributed by atoms with Crippen molar-refractivity contribution in [3.8, 4) is 0 Å². The number of esters is 1. The number of sulfonamides is 1. The zero-order valence-corrected chi connectivity index (χ0v) is 17.4. The number of rotatable bonds is 5. The third kappa shape index (κ3) is 5.07. The van der Waals surface area contributed by atoms with Gasteiger partial charge in [0.2, 0.25) is 10.0 Å². The predicted molar refractivity (Wildman–Crippen MR) is 102 cm³/mol. The van der Waals surface area contributed by atoms with Crippen molar-refractivity contribution < 1.29 is 22.7 Å². The van der Waals surface area contributed by atoms with Crippen molar-refractivity contribution in [3.63, 3.8) is 0 Å². The van der Waals surface area contributed by atoms with Crippen LogP contribution in [0.1, 0.15) is 36.2 Å². The topological polar surface area (TPSA) is 84.0 Å². The van der Waals surface area contributed by atoms with Gasteiger partial charge in [-0.15, -0.1) is 0 Å². The Labute approximate surface area is 161 Å². The van der Waals surface area contributed by atoms with Crippen molar-refractivity contribution in [2.45, 2.75) is 32.1 Å². The number of likely N-dealkylation sites (tertiary alicyclic amines) is 1. The molecule has 0 bridgehead atoms. The lowest BCUT2D eigenvalue weighted by atomic mass is 9.92. The van der Waals surface area contributed by atoms with Gasteiger partial charge in [0.15, 0.2) is 6.61 Å². The standard InChI is InChI=1S/C19H28N2O5S/c1-13-8-14(2)11-21(10-13)18(22)12-26-19(23)17-9-16(7-6-15(17)3)27(24,25)20(4)5/h6-7,9,13-14H,8,10-12H2,1-5H3/t13-,14-/m1/s1. The Kier molecular flexibility index (Phi) is 6.64. The first kappa shape index (κ1) is 21.4. The molecule has 1 aromatic rings. The average Bonchev–Trinajstić information content (AvgIpc) is 2.58. The van der Waals surface area contributed by atoms with Crippen LogP contribution in [0.2, 0.25) is 0 Å². The highest BCUT2D eigenvalue weighted by Crippen LogP contribution is 2.22. The first-order chi connectivity index (χ1) is 12.5. The highest BCUT2D eigenvalue weighted by atomic mass is 32.2. The molecule has 0 saturated carbocycles. The number of carbonyl (C=O) groups is 2. The van der Waals surface area contributed by atoms with Crippen LogP contribution in [0, 0.1) is 18.8 Å². The molecule has 1 aliphatic rings. The lowest BCUT2D eigenvalue weighted by Crippen LogP contribution is -2.44. The Morgan fingerprint density at radius 1 is 1.19 bits per heavy atom. The second kappa shape index (κ2) is 8.39. The van der Waals surface area contributed by atoms with Crippen LogP contribution in [-0.4, -0.2) is 63.3 Å². The van der Waals surface area contributed by atoms with E-state index in [1.165, 1.54) is 26.2 Å². The van der Waals surface area contributed by atoms with Crippen molar-refractivity contribution in [2.75, 3.05) is 33.8 Å². The molecule has 1 amide bonds. The molecule has 0 N–H and O–H groups in total. The van der Waals surface area contributed by atoms with Crippen LogP contribution in [0.4, 0.5) is 0 Å². The minimum Gasteiger partial charge on any atom is -0.452 e. The summed E-state index contributed by atoms with van der Waals surface area (Å²) in [6.07, 6.45) is 1.08. The molecule has 0 aliphatic carbocycles. The van der Waals surface area contributed by atoms with Crippen molar-refractivity contribution in [2.24, 2.45) is 11.8 Å². The number of ether oxygens (including phenoxy) is 1. The van der Waals surface area contributed by atoms with E-state index >= 15 is 0 Å².